The van der Waals surface area contributed by atoms with Gasteiger partial charge in [0.25, 0.3) is 11.8 Å². The molecule has 4 aromatic carbocycles. The summed E-state index contributed by atoms with van der Waals surface area (Å²) < 4.78 is 0. The summed E-state index contributed by atoms with van der Waals surface area (Å²) in [4.78, 5) is 40.6. The van der Waals surface area contributed by atoms with E-state index in [9.17, 15) is 14.4 Å². The van der Waals surface area contributed by atoms with E-state index in [0.29, 0.717) is 45.2 Å². The van der Waals surface area contributed by atoms with Crippen LogP contribution in [0, 0.1) is 0 Å². The Morgan fingerprint density at radius 2 is 1.32 bits per heavy atom. The molecule has 1 N–H and O–H groups in total. The maximum Gasteiger partial charge on any atom is 0.283 e. The number of hydrogen-bond acceptors (Lipinski definition) is 5. The number of nitrogens with one attached hydrogen (secondary N) is 1. The predicted octanol–water partition coefficient (Wildman–Crippen LogP) is 6.67. The second kappa shape index (κ2) is 11.8. The summed E-state index contributed by atoms with van der Waals surface area (Å²) in [6, 6.07) is 31.8. The highest BCUT2D eigenvalue weighted by molar-refractivity contribution is 6.37. The molecule has 8 heteroatoms. The van der Waals surface area contributed by atoms with Crippen LogP contribution in [0.5, 0.6) is 0 Å². The van der Waals surface area contributed by atoms with Crippen molar-refractivity contribution in [3.05, 3.63) is 136 Å². The minimum absolute atomic E-state index is 0.0254. The van der Waals surface area contributed by atoms with Gasteiger partial charge in [0.05, 0.1) is 23.3 Å². The molecule has 0 bridgehead atoms. The lowest BCUT2D eigenvalue weighted by molar-refractivity contribution is -0.116. The number of hydrazone groups is 1. The molecule has 0 atom stereocenters. The van der Waals surface area contributed by atoms with Crippen LogP contribution in [0.1, 0.15) is 29.3 Å². The van der Waals surface area contributed by atoms with Crippen LogP contribution in [0.2, 0.25) is 5.02 Å². The van der Waals surface area contributed by atoms with Gasteiger partial charge in [-0.25, -0.2) is 10.0 Å². The van der Waals surface area contributed by atoms with Crippen molar-refractivity contribution in [2.45, 2.75) is 13.3 Å². The number of allylic oxidation sites excluding steroid dienone is 1. The first-order valence-electron chi connectivity index (χ1n) is 12.7. The van der Waals surface area contributed by atoms with Crippen molar-refractivity contribution in [1.82, 2.24) is 0 Å². The molecule has 5 rings (SSSR count). The van der Waals surface area contributed by atoms with Gasteiger partial charge < -0.3 is 0 Å². The molecule has 0 spiro atoms. The van der Waals surface area contributed by atoms with Crippen LogP contribution in [0.4, 0.5) is 17.1 Å². The molecule has 1 saturated heterocycles. The van der Waals surface area contributed by atoms with E-state index in [1.807, 2.05) is 49.4 Å². The van der Waals surface area contributed by atoms with Crippen LogP contribution in [0.3, 0.4) is 0 Å². The van der Waals surface area contributed by atoms with Gasteiger partial charge in [-0.1, -0.05) is 85.3 Å². The van der Waals surface area contributed by atoms with Crippen molar-refractivity contribution in [2.75, 3.05) is 15.4 Å². The molecule has 2 amide bonds. The van der Waals surface area contributed by atoms with Gasteiger partial charge in [0.2, 0.25) is 0 Å². The van der Waals surface area contributed by atoms with E-state index in [1.165, 1.54) is 16.2 Å². The Labute approximate surface area is 237 Å². The van der Waals surface area contributed by atoms with Crippen molar-refractivity contribution >= 4 is 52.5 Å². The fourth-order valence-corrected chi connectivity index (χ4v) is 4.59. The van der Waals surface area contributed by atoms with Gasteiger partial charge in [-0.05, 0) is 54.5 Å². The van der Waals surface area contributed by atoms with Gasteiger partial charge in [-0.3, -0.25) is 19.8 Å². The lowest BCUT2D eigenvalue weighted by Gasteiger charge is -2.27. The topological polar surface area (TPSA) is 82.1 Å². The number of para-hydroxylation sites is 2. The molecule has 1 aliphatic heterocycles. The molecule has 7 nitrogen and oxygen atoms in total. The SMILES string of the molecule is CCC(/C=N/Nc1ccc(Cl)cc1C(=O)c1ccccc1)=C1C(=O)N(c2ccccc2)N(c2ccccc2)C1=O. The van der Waals surface area contributed by atoms with Crippen LogP contribution in [-0.2, 0) is 9.59 Å². The minimum Gasteiger partial charge on any atom is -0.289 e. The second-order valence-corrected chi connectivity index (χ2v) is 9.35. The number of carbonyl (C=O) groups is 3. The fraction of sp³-hybridized carbons (Fsp3) is 0.0625. The van der Waals surface area contributed by atoms with Crippen LogP contribution < -0.4 is 15.4 Å². The van der Waals surface area contributed by atoms with E-state index in [-0.39, 0.29) is 11.4 Å². The summed E-state index contributed by atoms with van der Waals surface area (Å²) >= 11 is 6.19. The maximum atomic E-state index is 13.7. The van der Waals surface area contributed by atoms with Gasteiger partial charge >= 0.3 is 0 Å². The highest BCUT2D eigenvalue weighted by Crippen LogP contribution is 2.33. The van der Waals surface area contributed by atoms with Crippen molar-refractivity contribution in [2.24, 2.45) is 5.10 Å². The van der Waals surface area contributed by atoms with Crippen LogP contribution in [-0.4, -0.2) is 23.8 Å². The molecule has 198 valence electrons. The molecular weight excluding hydrogens is 524 g/mol. The number of amides is 2. The van der Waals surface area contributed by atoms with Crippen molar-refractivity contribution < 1.29 is 14.4 Å². The first-order valence-corrected chi connectivity index (χ1v) is 13.1. The van der Waals surface area contributed by atoms with Crippen molar-refractivity contribution in [1.29, 1.82) is 0 Å². The average molecular weight is 549 g/mol. The quantitative estimate of drug-likeness (QED) is 0.0876. The monoisotopic (exact) mass is 548 g/mol. The van der Waals surface area contributed by atoms with E-state index in [2.05, 4.69) is 10.5 Å². The average Bonchev–Trinajstić information content (AvgIpc) is 3.26. The number of ketones is 1. The summed E-state index contributed by atoms with van der Waals surface area (Å²) in [5.41, 5.74) is 5.81. The van der Waals surface area contributed by atoms with Gasteiger partial charge in [-0.2, -0.15) is 5.10 Å². The predicted molar refractivity (Wildman–Crippen MR) is 159 cm³/mol. The molecule has 1 fully saturated rings. The highest BCUT2D eigenvalue weighted by Gasteiger charge is 2.44. The van der Waals surface area contributed by atoms with Crippen LogP contribution >= 0.6 is 11.6 Å². The van der Waals surface area contributed by atoms with Crippen LogP contribution in [0.25, 0.3) is 0 Å². The summed E-state index contributed by atoms with van der Waals surface area (Å²) in [6.07, 6.45) is 1.83. The molecular formula is C32H25ClN4O3. The number of hydrogen-bond donors (Lipinski definition) is 1. The zero-order chi connectivity index (χ0) is 28.1. The first-order chi connectivity index (χ1) is 19.5. The van der Waals surface area contributed by atoms with Crippen molar-refractivity contribution in [3.63, 3.8) is 0 Å². The third kappa shape index (κ3) is 5.28. The largest absolute Gasteiger partial charge is 0.289 e. The molecule has 1 aliphatic rings. The zero-order valence-electron chi connectivity index (χ0n) is 21.6. The second-order valence-electron chi connectivity index (χ2n) is 8.91. The molecule has 0 aromatic heterocycles. The van der Waals surface area contributed by atoms with Crippen molar-refractivity contribution in [3.8, 4) is 0 Å². The Bertz CT molecular complexity index is 1560. The molecule has 1 heterocycles. The van der Waals surface area contributed by atoms with E-state index < -0.39 is 11.8 Å². The van der Waals surface area contributed by atoms with E-state index in [0.717, 1.165) is 0 Å². The Kier molecular flexibility index (Phi) is 7.84. The van der Waals surface area contributed by atoms with Crippen LogP contribution in [0.15, 0.2) is 125 Å². The minimum atomic E-state index is -0.449. The van der Waals surface area contributed by atoms with Gasteiger partial charge in [0, 0.05) is 16.1 Å². The van der Waals surface area contributed by atoms with Gasteiger partial charge in [0.1, 0.15) is 5.57 Å². The number of hydrazine groups is 1. The first kappa shape index (κ1) is 26.6. The number of rotatable bonds is 8. The lowest BCUT2D eigenvalue weighted by atomic mass is 10.0. The molecule has 0 aliphatic carbocycles. The molecule has 0 saturated carbocycles. The summed E-state index contributed by atoms with van der Waals surface area (Å²) in [7, 11) is 0. The number of carbonyl (C=O) groups excluding carboxylic acids is 3. The number of nitrogens with zero attached hydrogens (tertiary/aromatic N) is 3. The third-order valence-corrected chi connectivity index (χ3v) is 6.62. The normalized spacial score (nSPS) is 13.3. The Morgan fingerprint density at radius 3 is 1.85 bits per heavy atom. The molecule has 4 aromatic rings. The summed E-state index contributed by atoms with van der Waals surface area (Å²) in [5.74, 6) is -1.11. The summed E-state index contributed by atoms with van der Waals surface area (Å²) in [5, 5.41) is 7.48. The molecule has 0 radical (unpaired) electrons. The van der Waals surface area contributed by atoms with E-state index >= 15 is 0 Å². The van der Waals surface area contributed by atoms with Gasteiger partial charge in [-0.15, -0.1) is 0 Å². The maximum absolute atomic E-state index is 13.7. The third-order valence-electron chi connectivity index (χ3n) is 6.38. The Morgan fingerprint density at radius 1 is 0.800 bits per heavy atom. The number of benzene rings is 4. The zero-order valence-corrected chi connectivity index (χ0v) is 22.4. The summed E-state index contributed by atoms with van der Waals surface area (Å²) in [6.45, 7) is 1.85. The van der Waals surface area contributed by atoms with E-state index in [4.69, 9.17) is 11.6 Å². The highest BCUT2D eigenvalue weighted by atomic mass is 35.5. The number of halogens is 1. The fourth-order valence-electron chi connectivity index (χ4n) is 4.42. The Balaban J connectivity index is 1.49. The molecule has 40 heavy (non-hydrogen) atoms. The lowest BCUT2D eigenvalue weighted by Crippen LogP contribution is -2.41. The molecule has 0 unspecified atom stereocenters. The Hall–Kier alpha value is -5.01. The van der Waals surface area contributed by atoms with E-state index in [1.54, 1.807) is 66.7 Å². The smallest absolute Gasteiger partial charge is 0.283 e. The number of anilines is 3. The van der Waals surface area contributed by atoms with Gasteiger partial charge in [0.15, 0.2) is 5.78 Å². The standard InChI is InChI=1S/C32H25ClN4O3/c1-2-22(21-34-35-28-19-18-24(33)20-27(28)30(38)23-12-6-3-7-13-23)29-31(39)36(25-14-8-4-9-15-25)37(32(29)40)26-16-10-5-11-17-26/h3-21,35H,2H2,1H3/b34-21+.